The normalized spacial score (nSPS) is 13.5. The van der Waals surface area contributed by atoms with E-state index in [4.69, 9.17) is 11.6 Å². The molecule has 2 aromatic carbocycles. The fourth-order valence-corrected chi connectivity index (χ4v) is 4.67. The molecule has 10 heteroatoms. The van der Waals surface area contributed by atoms with Crippen LogP contribution in [0.3, 0.4) is 0 Å². The predicted molar refractivity (Wildman–Crippen MR) is 136 cm³/mol. The third-order valence-corrected chi connectivity index (χ3v) is 6.69. The zero-order chi connectivity index (χ0) is 24.4. The number of nitrogens with zero attached hydrogens (tertiary/aromatic N) is 4. The highest BCUT2D eigenvalue weighted by molar-refractivity contribution is 7.99. The Kier molecular flexibility index (Phi) is 6.70. The summed E-state index contributed by atoms with van der Waals surface area (Å²) >= 11 is 7.54. The predicted octanol–water partition coefficient (Wildman–Crippen LogP) is 5.64. The van der Waals surface area contributed by atoms with Gasteiger partial charge in [-0.3, -0.25) is 9.89 Å². The number of hydrogen-bond acceptors (Lipinski definition) is 7. The quantitative estimate of drug-likeness (QED) is 0.235. The molecule has 3 heterocycles. The van der Waals surface area contributed by atoms with E-state index < -0.39 is 6.17 Å². The molecule has 2 N–H and O–H groups in total. The molecule has 0 saturated carbocycles. The maximum absolute atomic E-state index is 13.5. The highest BCUT2D eigenvalue weighted by atomic mass is 35.5. The molecule has 1 fully saturated rings. The molecule has 1 aliphatic heterocycles. The van der Waals surface area contributed by atoms with Gasteiger partial charge in [-0.1, -0.05) is 35.9 Å². The minimum absolute atomic E-state index is 0.0305. The Morgan fingerprint density at radius 2 is 1.91 bits per heavy atom. The molecule has 0 atom stereocenters. The van der Waals surface area contributed by atoms with Crippen LogP contribution in [-0.4, -0.2) is 45.2 Å². The fraction of sp³-hybridized carbons (Fsp3) is 0.200. The molecule has 0 bridgehead atoms. The SMILES string of the molecule is Cc1cc(Nc2cc(N3CC(F)C3)nc(Sc3ccc(CC(=O)c4ccccc4Cl)cc3)n2)n[nH]1. The van der Waals surface area contributed by atoms with E-state index in [0.29, 0.717) is 46.3 Å². The standard InChI is InChI=1S/C25H22ClFN6OS/c1-15-10-23(32-31-15)28-22-12-24(33-13-17(27)14-33)30-25(29-22)35-18-8-6-16(7-9-18)11-21(34)19-4-2-3-5-20(19)26/h2-10,12,17H,11,13-14H2,1H3,(H2,28,29,30,31,32). The van der Waals surface area contributed by atoms with E-state index in [1.54, 1.807) is 30.3 Å². The van der Waals surface area contributed by atoms with Gasteiger partial charge in [0.1, 0.15) is 17.8 Å². The molecule has 5 rings (SSSR count). The Balaban J connectivity index is 1.32. The number of alkyl halides is 1. The summed E-state index contributed by atoms with van der Waals surface area (Å²) < 4.78 is 13.5. The van der Waals surface area contributed by atoms with Gasteiger partial charge in [-0.15, -0.1) is 0 Å². The van der Waals surface area contributed by atoms with Crippen molar-refractivity contribution in [2.75, 3.05) is 23.3 Å². The highest BCUT2D eigenvalue weighted by Gasteiger charge is 2.28. The van der Waals surface area contributed by atoms with E-state index in [9.17, 15) is 9.18 Å². The van der Waals surface area contributed by atoms with Gasteiger partial charge in [-0.25, -0.2) is 14.4 Å². The number of benzene rings is 2. The number of rotatable bonds is 8. The number of aryl methyl sites for hydroxylation is 1. The summed E-state index contributed by atoms with van der Waals surface area (Å²) in [6.07, 6.45) is -0.579. The van der Waals surface area contributed by atoms with Crippen molar-refractivity contribution >= 4 is 46.6 Å². The number of H-pyrrole nitrogens is 1. The van der Waals surface area contributed by atoms with Crippen LogP contribution in [0, 0.1) is 6.92 Å². The van der Waals surface area contributed by atoms with Crippen molar-refractivity contribution in [2.45, 2.75) is 29.6 Å². The average molecular weight is 509 g/mol. The van der Waals surface area contributed by atoms with Crippen molar-refractivity contribution in [3.8, 4) is 0 Å². The summed E-state index contributed by atoms with van der Waals surface area (Å²) in [6, 6.07) is 18.4. The Morgan fingerprint density at radius 3 is 2.60 bits per heavy atom. The van der Waals surface area contributed by atoms with Gasteiger partial charge in [0, 0.05) is 34.7 Å². The van der Waals surface area contributed by atoms with Crippen LogP contribution in [0.25, 0.3) is 0 Å². The van der Waals surface area contributed by atoms with Crippen LogP contribution >= 0.6 is 23.4 Å². The topological polar surface area (TPSA) is 86.8 Å². The molecular weight excluding hydrogens is 487 g/mol. The number of hydrogen-bond donors (Lipinski definition) is 2. The van der Waals surface area contributed by atoms with Crippen LogP contribution < -0.4 is 10.2 Å². The molecule has 0 unspecified atom stereocenters. The number of carbonyl (C=O) groups is 1. The first kappa shape index (κ1) is 23.3. The first-order valence-electron chi connectivity index (χ1n) is 11.0. The molecule has 35 heavy (non-hydrogen) atoms. The average Bonchev–Trinajstić information content (AvgIpc) is 3.22. The van der Waals surface area contributed by atoms with Gasteiger partial charge < -0.3 is 10.2 Å². The third kappa shape index (κ3) is 5.63. The lowest BCUT2D eigenvalue weighted by Crippen LogP contribution is -2.48. The van der Waals surface area contributed by atoms with Crippen LogP contribution in [0.4, 0.5) is 21.8 Å². The molecule has 1 aliphatic rings. The van der Waals surface area contributed by atoms with Crippen LogP contribution in [0.2, 0.25) is 5.02 Å². The van der Waals surface area contributed by atoms with Crippen molar-refractivity contribution in [1.29, 1.82) is 0 Å². The minimum atomic E-state index is -0.840. The molecule has 1 saturated heterocycles. The van der Waals surface area contributed by atoms with Gasteiger partial charge in [0.2, 0.25) is 0 Å². The second-order valence-corrected chi connectivity index (χ2v) is 9.73. The third-order valence-electron chi connectivity index (χ3n) is 5.49. The van der Waals surface area contributed by atoms with Crippen molar-refractivity contribution < 1.29 is 9.18 Å². The summed E-state index contributed by atoms with van der Waals surface area (Å²) in [5.41, 5.74) is 2.33. The lowest BCUT2D eigenvalue weighted by molar-refractivity contribution is 0.0993. The second kappa shape index (κ2) is 10.1. The van der Waals surface area contributed by atoms with Crippen molar-refractivity contribution in [2.24, 2.45) is 0 Å². The van der Waals surface area contributed by atoms with Crippen LogP contribution in [0.5, 0.6) is 0 Å². The summed E-state index contributed by atoms with van der Waals surface area (Å²) in [5.74, 6) is 1.85. The van der Waals surface area contributed by atoms with Gasteiger partial charge >= 0.3 is 0 Å². The Bertz CT molecular complexity index is 1360. The second-order valence-electron chi connectivity index (χ2n) is 8.28. The maximum Gasteiger partial charge on any atom is 0.196 e. The summed E-state index contributed by atoms with van der Waals surface area (Å²) in [7, 11) is 0. The van der Waals surface area contributed by atoms with Gasteiger partial charge in [-0.2, -0.15) is 5.10 Å². The molecule has 178 valence electrons. The molecule has 2 aromatic heterocycles. The number of anilines is 3. The van der Waals surface area contributed by atoms with Gasteiger partial charge in [-0.05, 0) is 48.5 Å². The zero-order valence-corrected chi connectivity index (χ0v) is 20.4. The van der Waals surface area contributed by atoms with E-state index in [0.717, 1.165) is 16.2 Å². The number of carbonyl (C=O) groups excluding carboxylic acids is 1. The van der Waals surface area contributed by atoms with Crippen molar-refractivity contribution in [3.05, 3.63) is 82.5 Å². The molecule has 7 nitrogen and oxygen atoms in total. The molecular formula is C25H22ClFN6OS. The van der Waals surface area contributed by atoms with Gasteiger partial charge in [0.05, 0.1) is 18.1 Å². The summed E-state index contributed by atoms with van der Waals surface area (Å²) in [5, 5.41) is 11.2. The van der Waals surface area contributed by atoms with Crippen LogP contribution in [0.1, 0.15) is 21.6 Å². The van der Waals surface area contributed by atoms with Crippen LogP contribution in [-0.2, 0) is 6.42 Å². The van der Waals surface area contributed by atoms with Crippen LogP contribution in [0.15, 0.2) is 70.7 Å². The van der Waals surface area contributed by atoms with E-state index in [1.807, 2.05) is 42.2 Å². The number of aromatic nitrogens is 4. The first-order chi connectivity index (χ1) is 16.9. The smallest absolute Gasteiger partial charge is 0.196 e. The number of Topliss-reactive ketones (excluding diaryl/α,β-unsaturated/α-hetero) is 1. The summed E-state index contributed by atoms with van der Waals surface area (Å²) in [4.78, 5) is 24.6. The van der Waals surface area contributed by atoms with Gasteiger partial charge in [0.15, 0.2) is 16.8 Å². The van der Waals surface area contributed by atoms with E-state index in [1.165, 1.54) is 11.8 Å². The number of nitrogens with one attached hydrogen (secondary N) is 2. The number of halogens is 2. The van der Waals surface area contributed by atoms with Gasteiger partial charge in [0.25, 0.3) is 0 Å². The first-order valence-corrected chi connectivity index (χ1v) is 12.2. The summed E-state index contributed by atoms with van der Waals surface area (Å²) in [6.45, 7) is 2.55. The molecule has 0 amide bonds. The van der Waals surface area contributed by atoms with Crippen molar-refractivity contribution in [1.82, 2.24) is 20.2 Å². The highest BCUT2D eigenvalue weighted by Crippen LogP contribution is 2.31. The number of ketones is 1. The largest absolute Gasteiger partial charge is 0.350 e. The Morgan fingerprint density at radius 1 is 1.14 bits per heavy atom. The van der Waals surface area contributed by atoms with E-state index in [-0.39, 0.29) is 12.2 Å². The van der Waals surface area contributed by atoms with E-state index in [2.05, 4.69) is 25.5 Å². The monoisotopic (exact) mass is 508 g/mol. The lowest BCUT2D eigenvalue weighted by atomic mass is 10.0. The Labute approximate surface area is 211 Å². The Hall–Kier alpha value is -3.43. The van der Waals surface area contributed by atoms with E-state index >= 15 is 0 Å². The molecule has 4 aromatic rings. The fourth-order valence-electron chi connectivity index (χ4n) is 3.66. The number of aromatic amines is 1. The van der Waals surface area contributed by atoms with Crippen molar-refractivity contribution in [3.63, 3.8) is 0 Å². The molecule has 0 aliphatic carbocycles. The minimum Gasteiger partial charge on any atom is -0.350 e. The molecule has 0 spiro atoms. The zero-order valence-electron chi connectivity index (χ0n) is 18.8. The molecule has 0 radical (unpaired) electrons. The lowest BCUT2D eigenvalue weighted by Gasteiger charge is -2.35. The maximum atomic E-state index is 13.5.